The van der Waals surface area contributed by atoms with Gasteiger partial charge in [-0.25, -0.2) is 5.43 Å². The maximum atomic E-state index is 15.2. The number of carbonyl (C=O) groups is 5. The molecule has 7 aliphatic rings. The summed E-state index contributed by atoms with van der Waals surface area (Å²) >= 11 is 0. The normalized spacial score (nSPS) is 26.2. The standard InChI is InChI=1S/C60H80N10O8/c1-9-69-48-17-16-38-26-44(48)46(55(69)45-28-41(30-61-50(45)34(2)77-8)68-20-18-65(5)19-21-68)29-60(3,4)33-78-59(76)52-43-27-40(43)31-70(64-52)57(74)47(24-35-22-39(38)25-42(71)23-35)62-56(73)54(37-12-10-11-13-37)67(7)49(72)32-66(6)58(75)53-51(63-53)36-14-15-36/h16-17,22-23,25-26,28,30,34,36-37,40,43,47,51-54,63-64,71H,9-15,18-21,24,27,29,31-33H2,1-8H3,(H,62,73). The molecule has 2 aromatic heterocycles. The van der Waals surface area contributed by atoms with Crippen molar-refractivity contribution in [3.05, 3.63) is 65.5 Å². The van der Waals surface area contributed by atoms with E-state index in [0.717, 1.165) is 121 Å². The number of phenols is 1. The van der Waals surface area contributed by atoms with Crippen LogP contribution in [0.1, 0.15) is 95.6 Å². The van der Waals surface area contributed by atoms with Crippen molar-refractivity contribution in [2.45, 2.75) is 128 Å². The third kappa shape index (κ3) is 10.9. The summed E-state index contributed by atoms with van der Waals surface area (Å²) in [6.07, 6.45) is 8.43. The van der Waals surface area contributed by atoms with E-state index in [-0.39, 0.29) is 73.1 Å². The van der Waals surface area contributed by atoms with Crippen molar-refractivity contribution in [3.8, 4) is 28.1 Å². The zero-order valence-electron chi connectivity index (χ0n) is 46.8. The highest BCUT2D eigenvalue weighted by molar-refractivity contribution is 5.97. The molecule has 18 nitrogen and oxygen atoms in total. The van der Waals surface area contributed by atoms with Gasteiger partial charge in [-0.15, -0.1) is 0 Å². The molecule has 3 aliphatic carbocycles. The SMILES string of the molecule is CCn1c(-c2cc(N3CCN(C)CC3)cnc2C(C)OC)c2c3cc(ccc31)-c1cc(O)cc(c1)CC(NC(=O)C(C1CCCC1)N(C)C(=O)CN(C)C(=O)C1NC1C1CC1)C(=O)N1CC3CC3C(N1)C(=O)OCC(C)(C)C2. The summed E-state index contributed by atoms with van der Waals surface area (Å²) in [5, 5.41) is 20.5. The van der Waals surface area contributed by atoms with Crippen LogP contribution in [0, 0.1) is 29.1 Å². The summed E-state index contributed by atoms with van der Waals surface area (Å²) < 4.78 is 14.7. The van der Waals surface area contributed by atoms with Crippen LogP contribution < -0.4 is 21.0 Å². The van der Waals surface area contributed by atoms with Gasteiger partial charge in [0.05, 0.1) is 42.5 Å². The maximum Gasteiger partial charge on any atom is 0.325 e. The number of pyridine rings is 1. The van der Waals surface area contributed by atoms with Gasteiger partial charge >= 0.3 is 5.97 Å². The summed E-state index contributed by atoms with van der Waals surface area (Å²) in [5.41, 5.74) is 10.9. The number of anilines is 1. The highest BCUT2D eigenvalue weighted by Crippen LogP contribution is 2.47. The molecule has 4 N–H and O–H groups in total. The van der Waals surface area contributed by atoms with Crippen LogP contribution >= 0.6 is 0 Å². The fraction of sp³-hybridized carbons (Fsp3) is 0.600. The van der Waals surface area contributed by atoms with Crippen molar-refractivity contribution in [2.75, 3.05) is 79.0 Å². The zero-order chi connectivity index (χ0) is 54.9. The number of ether oxygens (including phenoxy) is 2. The van der Waals surface area contributed by atoms with Crippen molar-refractivity contribution in [1.82, 2.24) is 45.3 Å². The molecule has 6 fully saturated rings. The topological polar surface area (TPSA) is 204 Å². The minimum absolute atomic E-state index is 0.00472. The molecule has 18 heteroatoms. The molecular weight excluding hydrogens is 989 g/mol. The average Bonchev–Trinajstić information content (AvgIpc) is 4.51. The first-order valence-corrected chi connectivity index (χ1v) is 28.7. The molecule has 11 rings (SSSR count). The quantitative estimate of drug-likeness (QED) is 0.0996. The molecule has 6 bridgehead atoms. The first kappa shape index (κ1) is 53.9. The number of piperazine rings is 1. The number of phenolic OH excluding ortho intramolecular Hbond substituents is 1. The number of nitrogens with zero attached hydrogens (tertiary/aromatic N) is 7. The number of cyclic esters (lactones) is 1. The predicted molar refractivity (Wildman–Crippen MR) is 297 cm³/mol. The Balaban J connectivity index is 0.971. The Morgan fingerprint density at radius 3 is 2.46 bits per heavy atom. The number of hydrogen-bond acceptors (Lipinski definition) is 13. The van der Waals surface area contributed by atoms with E-state index in [9.17, 15) is 19.5 Å². The molecule has 78 heavy (non-hydrogen) atoms. The van der Waals surface area contributed by atoms with Crippen molar-refractivity contribution < 1.29 is 38.6 Å². The molecule has 8 atom stereocenters. The first-order valence-electron chi connectivity index (χ1n) is 28.7. The number of nitrogens with one attached hydrogen (secondary N) is 3. The second-order valence-corrected chi connectivity index (χ2v) is 24.6. The third-order valence-corrected chi connectivity index (χ3v) is 18.2. The van der Waals surface area contributed by atoms with E-state index in [2.05, 4.69) is 82.5 Å². The Labute approximate surface area is 458 Å². The lowest BCUT2D eigenvalue weighted by Crippen LogP contribution is -2.63. The largest absolute Gasteiger partial charge is 0.508 e. The predicted octanol–water partition coefficient (Wildman–Crippen LogP) is 5.29. The van der Waals surface area contributed by atoms with Crippen LogP contribution in [0.25, 0.3) is 33.3 Å². The van der Waals surface area contributed by atoms with E-state index >= 15 is 9.59 Å². The second kappa shape index (κ2) is 21.5. The number of aromatic hydroxyl groups is 1. The Bertz CT molecular complexity index is 2980. The lowest BCUT2D eigenvalue weighted by atomic mass is 9.84. The lowest BCUT2D eigenvalue weighted by Gasteiger charge is -2.37. The number of hydrogen-bond donors (Lipinski definition) is 4. The number of fused-ring (bicyclic) bond motifs is 8. The van der Waals surface area contributed by atoms with Crippen molar-refractivity contribution in [2.24, 2.45) is 29.1 Å². The van der Waals surface area contributed by atoms with Crippen LogP contribution in [0.2, 0.25) is 0 Å². The van der Waals surface area contributed by atoms with Crippen LogP contribution in [0.5, 0.6) is 5.75 Å². The molecule has 8 unspecified atom stereocenters. The lowest BCUT2D eigenvalue weighted by molar-refractivity contribution is -0.156. The molecular formula is C60H80N10O8. The number of carbonyl (C=O) groups excluding carboxylic acids is 5. The molecule has 418 valence electrons. The highest BCUT2D eigenvalue weighted by atomic mass is 16.5. The Kier molecular flexibility index (Phi) is 14.9. The van der Waals surface area contributed by atoms with Gasteiger partial charge in [-0.1, -0.05) is 38.8 Å². The van der Waals surface area contributed by atoms with E-state index in [0.29, 0.717) is 31.0 Å². The van der Waals surface area contributed by atoms with Crippen LogP contribution in [0.15, 0.2) is 48.7 Å². The maximum absolute atomic E-state index is 15.2. The van der Waals surface area contributed by atoms with E-state index in [4.69, 9.17) is 14.5 Å². The smallest absolute Gasteiger partial charge is 0.325 e. The highest BCUT2D eigenvalue weighted by Gasteiger charge is 2.54. The number of amides is 4. The minimum atomic E-state index is -1.16. The van der Waals surface area contributed by atoms with E-state index < -0.39 is 41.3 Å². The van der Waals surface area contributed by atoms with Gasteiger partial charge < -0.3 is 44.1 Å². The van der Waals surface area contributed by atoms with E-state index in [1.165, 1.54) is 14.8 Å². The molecule has 4 amide bonds. The van der Waals surface area contributed by atoms with Gasteiger partial charge in [0.1, 0.15) is 29.9 Å². The summed E-state index contributed by atoms with van der Waals surface area (Å²) in [6, 6.07) is 11.0. The van der Waals surface area contributed by atoms with Crippen molar-refractivity contribution in [1.29, 1.82) is 0 Å². The Hall–Kier alpha value is -6.08. The van der Waals surface area contributed by atoms with Gasteiger partial charge in [0.15, 0.2) is 0 Å². The number of esters is 1. The summed E-state index contributed by atoms with van der Waals surface area (Å²) in [7, 11) is 7.12. The second-order valence-electron chi connectivity index (χ2n) is 24.6. The Morgan fingerprint density at radius 1 is 0.987 bits per heavy atom. The molecule has 2 aromatic carbocycles. The number of likely N-dealkylation sites (N-methyl/N-ethyl adjacent to an activating group) is 3. The summed E-state index contributed by atoms with van der Waals surface area (Å²) in [5.74, 6) is -1.42. The molecule has 3 saturated carbocycles. The fourth-order valence-electron chi connectivity index (χ4n) is 13.3. The van der Waals surface area contributed by atoms with Gasteiger partial charge in [0.2, 0.25) is 17.7 Å². The van der Waals surface area contributed by atoms with Gasteiger partial charge in [-0.3, -0.25) is 39.3 Å². The van der Waals surface area contributed by atoms with Crippen LogP contribution in [0.4, 0.5) is 5.69 Å². The fourth-order valence-corrected chi connectivity index (χ4v) is 13.3. The third-order valence-electron chi connectivity index (χ3n) is 18.2. The molecule has 4 aliphatic heterocycles. The first-order chi connectivity index (χ1) is 37.4. The number of hydrazine groups is 1. The summed E-state index contributed by atoms with van der Waals surface area (Å²) in [4.78, 5) is 85.0. The molecule has 3 saturated heterocycles. The van der Waals surface area contributed by atoms with Crippen molar-refractivity contribution in [3.63, 3.8) is 0 Å². The van der Waals surface area contributed by atoms with E-state index in [1.807, 2.05) is 19.2 Å². The zero-order valence-corrected chi connectivity index (χ0v) is 46.8. The van der Waals surface area contributed by atoms with Crippen LogP contribution in [-0.2, 0) is 52.8 Å². The Morgan fingerprint density at radius 2 is 1.74 bits per heavy atom. The van der Waals surface area contributed by atoms with Crippen LogP contribution in [-0.4, -0.2) is 168 Å². The number of aromatic nitrogens is 2. The minimum Gasteiger partial charge on any atom is -0.508 e. The average molecular weight is 1070 g/mol. The van der Waals surface area contributed by atoms with Crippen LogP contribution in [0.3, 0.4) is 0 Å². The summed E-state index contributed by atoms with van der Waals surface area (Å²) in [6.45, 7) is 13.0. The number of aryl methyl sites for hydroxylation is 1. The molecule has 0 radical (unpaired) electrons. The monoisotopic (exact) mass is 1070 g/mol. The van der Waals surface area contributed by atoms with Gasteiger partial charge in [0.25, 0.3) is 5.91 Å². The van der Waals surface area contributed by atoms with Gasteiger partial charge in [0, 0.05) is 94.8 Å². The van der Waals surface area contributed by atoms with E-state index in [1.54, 1.807) is 33.3 Å². The van der Waals surface area contributed by atoms with Gasteiger partial charge in [-0.2, -0.15) is 0 Å². The number of benzene rings is 2. The molecule has 0 spiro atoms. The molecule has 4 aromatic rings. The molecule has 6 heterocycles. The number of methoxy groups -OCH3 is 1. The number of rotatable bonds is 13. The van der Waals surface area contributed by atoms with Crippen molar-refractivity contribution >= 4 is 46.2 Å². The van der Waals surface area contributed by atoms with Gasteiger partial charge in [-0.05, 0) is 136 Å².